The molecular weight excluding hydrogens is 166 g/mol. The number of fused-ring (bicyclic) bond motifs is 1. The Bertz CT molecular complexity index is 304. The number of rotatable bonds is 2. The van der Waals surface area contributed by atoms with Crippen LogP contribution in [0, 0.1) is 22.2 Å². The average Bonchev–Trinajstić information content (AvgIpc) is 2.03. The van der Waals surface area contributed by atoms with E-state index in [-0.39, 0.29) is 23.7 Å². The van der Waals surface area contributed by atoms with Crippen molar-refractivity contribution < 1.29 is 4.79 Å². The molecule has 2 atom stereocenters. The second-order valence-corrected chi connectivity index (χ2v) is 4.57. The van der Waals surface area contributed by atoms with Crippen LogP contribution in [0.1, 0.15) is 20.3 Å². The summed E-state index contributed by atoms with van der Waals surface area (Å²) in [6, 6.07) is 0. The molecule has 0 saturated heterocycles. The van der Waals surface area contributed by atoms with Crippen molar-refractivity contribution in [2.24, 2.45) is 22.4 Å². The fourth-order valence-corrected chi connectivity index (χ4v) is 2.65. The van der Waals surface area contributed by atoms with E-state index in [1.165, 1.54) is 0 Å². The quantitative estimate of drug-likeness (QED) is 0.608. The summed E-state index contributed by atoms with van der Waals surface area (Å²) in [6.45, 7) is 4.38. The van der Waals surface area contributed by atoms with Gasteiger partial charge in [0.1, 0.15) is 6.54 Å². The Balaban J connectivity index is 2.31. The summed E-state index contributed by atoms with van der Waals surface area (Å²) in [6.07, 6.45) is 2.55. The van der Waals surface area contributed by atoms with Crippen molar-refractivity contribution in [2.45, 2.75) is 20.3 Å². The zero-order valence-electron chi connectivity index (χ0n) is 7.91. The molecule has 3 aliphatic rings. The molecule has 3 rings (SSSR count). The van der Waals surface area contributed by atoms with Crippen LogP contribution in [-0.4, -0.2) is 12.3 Å². The van der Waals surface area contributed by atoms with Crippen LogP contribution < -0.4 is 0 Å². The van der Waals surface area contributed by atoms with E-state index >= 15 is 0 Å². The van der Waals surface area contributed by atoms with Gasteiger partial charge >= 0.3 is 0 Å². The summed E-state index contributed by atoms with van der Waals surface area (Å²) in [4.78, 5) is 21.7. The van der Waals surface area contributed by atoms with Crippen LogP contribution in [0.25, 0.3) is 0 Å². The molecule has 0 aromatic heterocycles. The highest BCUT2D eigenvalue weighted by atomic mass is 16.3. The van der Waals surface area contributed by atoms with E-state index in [9.17, 15) is 9.70 Å². The third kappa shape index (κ3) is 0.992. The Morgan fingerprint density at radius 3 is 2.69 bits per heavy atom. The van der Waals surface area contributed by atoms with Gasteiger partial charge in [0.2, 0.25) is 0 Å². The molecule has 0 radical (unpaired) electrons. The van der Waals surface area contributed by atoms with E-state index in [1.807, 2.05) is 0 Å². The van der Waals surface area contributed by atoms with Gasteiger partial charge in [-0.1, -0.05) is 19.0 Å². The largest absolute Gasteiger partial charge is 0.295 e. The number of nitroso groups, excluding NO2 is 1. The number of carbonyl (C=O) groups is 1. The van der Waals surface area contributed by atoms with Gasteiger partial charge in [-0.2, -0.15) is 4.91 Å². The van der Waals surface area contributed by atoms with Gasteiger partial charge in [0.15, 0.2) is 5.78 Å². The first-order valence-electron chi connectivity index (χ1n) is 4.61. The normalized spacial score (nSPS) is 34.9. The van der Waals surface area contributed by atoms with Crippen molar-refractivity contribution in [2.75, 3.05) is 6.54 Å². The van der Waals surface area contributed by atoms with Crippen LogP contribution in [0.2, 0.25) is 0 Å². The minimum Gasteiger partial charge on any atom is -0.295 e. The minimum absolute atomic E-state index is 0.0614. The summed E-state index contributed by atoms with van der Waals surface area (Å²) in [5.41, 5.74) is 0.999. The number of carbonyl (C=O) groups excluding carboxylic acids is 1. The van der Waals surface area contributed by atoms with Gasteiger partial charge in [-0.3, -0.25) is 4.79 Å². The highest BCUT2D eigenvalue weighted by Crippen LogP contribution is 2.57. The van der Waals surface area contributed by atoms with Crippen molar-refractivity contribution in [3.8, 4) is 0 Å². The Morgan fingerprint density at radius 2 is 2.23 bits per heavy atom. The van der Waals surface area contributed by atoms with Crippen LogP contribution >= 0.6 is 0 Å². The molecule has 70 valence electrons. The predicted octanol–water partition coefficient (Wildman–Crippen LogP) is 1.92. The molecule has 0 amide bonds. The summed E-state index contributed by atoms with van der Waals surface area (Å²) in [7, 11) is 0. The fourth-order valence-electron chi connectivity index (χ4n) is 2.65. The smallest absolute Gasteiger partial charge is 0.159 e. The van der Waals surface area contributed by atoms with Crippen LogP contribution in [0.3, 0.4) is 0 Å². The summed E-state index contributed by atoms with van der Waals surface area (Å²) < 4.78 is 0. The van der Waals surface area contributed by atoms with Crippen molar-refractivity contribution in [1.29, 1.82) is 0 Å². The maximum Gasteiger partial charge on any atom is 0.159 e. The number of allylic oxidation sites excluding steroid dienone is 1. The number of ketones is 1. The third-order valence-corrected chi connectivity index (χ3v) is 3.63. The molecular formula is C10H13NO2. The number of hydrogen-bond acceptors (Lipinski definition) is 3. The first kappa shape index (κ1) is 8.60. The lowest BCUT2D eigenvalue weighted by atomic mass is 9.48. The van der Waals surface area contributed by atoms with Crippen molar-refractivity contribution in [1.82, 2.24) is 0 Å². The average molecular weight is 179 g/mol. The molecule has 13 heavy (non-hydrogen) atoms. The highest BCUT2D eigenvalue weighted by molar-refractivity contribution is 5.96. The molecule has 0 aromatic carbocycles. The molecule has 3 aliphatic carbocycles. The number of hydrogen-bond donors (Lipinski definition) is 0. The van der Waals surface area contributed by atoms with Crippen molar-refractivity contribution in [3.63, 3.8) is 0 Å². The van der Waals surface area contributed by atoms with E-state index in [0.717, 1.165) is 12.0 Å². The van der Waals surface area contributed by atoms with E-state index in [2.05, 4.69) is 19.0 Å². The Labute approximate surface area is 77.2 Å². The molecule has 0 N–H and O–H groups in total. The monoisotopic (exact) mass is 179 g/mol. The van der Waals surface area contributed by atoms with Gasteiger partial charge in [0.05, 0.1) is 0 Å². The molecule has 0 aromatic rings. The van der Waals surface area contributed by atoms with E-state index in [1.54, 1.807) is 6.08 Å². The molecule has 3 heteroatoms. The Morgan fingerprint density at radius 1 is 1.54 bits per heavy atom. The van der Waals surface area contributed by atoms with Crippen LogP contribution in [-0.2, 0) is 4.79 Å². The van der Waals surface area contributed by atoms with E-state index < -0.39 is 0 Å². The zero-order chi connectivity index (χ0) is 9.64. The second-order valence-electron chi connectivity index (χ2n) is 4.57. The van der Waals surface area contributed by atoms with Gasteiger partial charge in [-0.05, 0) is 29.4 Å². The van der Waals surface area contributed by atoms with Crippen LogP contribution in [0.15, 0.2) is 16.8 Å². The highest BCUT2D eigenvalue weighted by Gasteiger charge is 2.55. The first-order chi connectivity index (χ1) is 6.07. The third-order valence-electron chi connectivity index (χ3n) is 3.63. The summed E-state index contributed by atoms with van der Waals surface area (Å²) in [5.74, 6) is 0.784. The van der Waals surface area contributed by atoms with Crippen LogP contribution in [0.4, 0.5) is 0 Å². The Kier molecular flexibility index (Phi) is 1.65. The van der Waals surface area contributed by atoms with E-state index in [0.29, 0.717) is 5.92 Å². The molecule has 0 heterocycles. The lowest BCUT2D eigenvalue weighted by molar-refractivity contribution is -0.133. The Hall–Kier alpha value is -0.990. The van der Waals surface area contributed by atoms with E-state index in [4.69, 9.17) is 0 Å². The molecule has 3 nitrogen and oxygen atoms in total. The minimum atomic E-state index is 0.0614. The lowest BCUT2D eigenvalue weighted by Gasteiger charge is -2.54. The van der Waals surface area contributed by atoms with Gasteiger partial charge in [-0.25, -0.2) is 0 Å². The molecule has 2 bridgehead atoms. The molecule has 0 spiro atoms. The molecule has 0 aliphatic heterocycles. The maximum absolute atomic E-state index is 11.5. The fraction of sp³-hybridized carbons (Fsp3) is 0.700. The topological polar surface area (TPSA) is 46.5 Å². The van der Waals surface area contributed by atoms with Gasteiger partial charge in [0, 0.05) is 5.92 Å². The van der Waals surface area contributed by atoms with Gasteiger partial charge < -0.3 is 0 Å². The van der Waals surface area contributed by atoms with Crippen LogP contribution in [0.5, 0.6) is 0 Å². The summed E-state index contributed by atoms with van der Waals surface area (Å²) in [5, 5.41) is 2.86. The van der Waals surface area contributed by atoms with Crippen molar-refractivity contribution in [3.05, 3.63) is 16.6 Å². The molecule has 1 unspecified atom stereocenters. The van der Waals surface area contributed by atoms with Gasteiger partial charge in [-0.15, -0.1) is 0 Å². The maximum atomic E-state index is 11.5. The molecule has 1 fully saturated rings. The van der Waals surface area contributed by atoms with Crippen molar-refractivity contribution >= 4 is 5.78 Å². The number of nitrogens with zero attached hydrogens (tertiary/aromatic N) is 1. The SMILES string of the molecule is CC1(C)C2C[C@H]1C(CN=O)=CC2=O. The first-order valence-corrected chi connectivity index (χ1v) is 4.61. The predicted molar refractivity (Wildman–Crippen MR) is 49.1 cm³/mol. The lowest BCUT2D eigenvalue weighted by Crippen LogP contribution is -2.52. The zero-order valence-corrected chi connectivity index (χ0v) is 7.91. The molecule has 1 saturated carbocycles. The standard InChI is InChI=1S/C10H13NO2/c1-10(2)7-4-8(10)9(12)3-6(7)5-11-13/h3,7-8H,4-5H2,1-2H3/t7-,8?/m0/s1. The van der Waals surface area contributed by atoms with Gasteiger partial charge in [0.25, 0.3) is 0 Å². The second kappa shape index (κ2) is 2.50. The summed E-state index contributed by atoms with van der Waals surface area (Å²) >= 11 is 0.